The maximum Gasteiger partial charge on any atom is 0.360 e. The number of amides is 1. The molecule has 4 heterocycles. The Morgan fingerprint density at radius 2 is 2.00 bits per heavy atom. The van der Waals surface area contributed by atoms with Gasteiger partial charge in [0.15, 0.2) is 5.69 Å². The Kier molecular flexibility index (Phi) is 7.19. The molecule has 1 aliphatic heterocycles. The molecule has 0 aliphatic carbocycles. The SMILES string of the molecule is CCN1CCN(C(=O)CCn2cc(C(=O)OCC(C)n3ccc4c(Cl)ncnc43)nn2)CC1. The smallest absolute Gasteiger partial charge is 0.360 e. The van der Waals surface area contributed by atoms with Gasteiger partial charge in [-0.1, -0.05) is 23.7 Å². The van der Waals surface area contributed by atoms with Crippen molar-refractivity contribution in [2.24, 2.45) is 0 Å². The number of hydrogen-bond acceptors (Lipinski definition) is 8. The summed E-state index contributed by atoms with van der Waals surface area (Å²) in [6.45, 7) is 8.81. The molecule has 1 unspecified atom stereocenters. The number of likely N-dealkylation sites (N-methyl/N-ethyl adjacent to an activating group) is 1. The summed E-state index contributed by atoms with van der Waals surface area (Å²) in [6.07, 6.45) is 5.05. The molecule has 176 valence electrons. The summed E-state index contributed by atoms with van der Waals surface area (Å²) in [5.41, 5.74) is 0.777. The van der Waals surface area contributed by atoms with E-state index in [1.54, 1.807) is 0 Å². The molecule has 12 heteroatoms. The molecule has 11 nitrogen and oxygen atoms in total. The Morgan fingerprint density at radius 3 is 2.76 bits per heavy atom. The first-order chi connectivity index (χ1) is 16.0. The van der Waals surface area contributed by atoms with Gasteiger partial charge in [0.1, 0.15) is 23.7 Å². The first-order valence-corrected chi connectivity index (χ1v) is 11.4. The number of fused-ring (bicyclic) bond motifs is 1. The maximum atomic E-state index is 12.4. The Bertz CT molecular complexity index is 1120. The Balaban J connectivity index is 1.26. The second-order valence-corrected chi connectivity index (χ2v) is 8.36. The van der Waals surface area contributed by atoms with Gasteiger partial charge in [0.25, 0.3) is 0 Å². The third kappa shape index (κ3) is 5.31. The monoisotopic (exact) mass is 474 g/mol. The lowest BCUT2D eigenvalue weighted by molar-refractivity contribution is -0.133. The van der Waals surface area contributed by atoms with Crippen molar-refractivity contribution in [1.82, 2.24) is 39.3 Å². The van der Waals surface area contributed by atoms with Crippen LogP contribution in [0.3, 0.4) is 0 Å². The molecule has 0 bridgehead atoms. The highest BCUT2D eigenvalue weighted by molar-refractivity contribution is 6.33. The highest BCUT2D eigenvalue weighted by atomic mass is 35.5. The molecular formula is C21H27ClN8O3. The van der Waals surface area contributed by atoms with E-state index in [4.69, 9.17) is 16.3 Å². The minimum atomic E-state index is -0.570. The summed E-state index contributed by atoms with van der Waals surface area (Å²) in [5.74, 6) is -0.485. The van der Waals surface area contributed by atoms with Gasteiger partial charge in [-0.15, -0.1) is 5.10 Å². The molecule has 0 radical (unpaired) electrons. The van der Waals surface area contributed by atoms with Gasteiger partial charge in [0.05, 0.1) is 24.2 Å². The van der Waals surface area contributed by atoms with Crippen LogP contribution in [0.25, 0.3) is 11.0 Å². The maximum absolute atomic E-state index is 12.4. The van der Waals surface area contributed by atoms with Crippen molar-refractivity contribution in [3.05, 3.63) is 35.6 Å². The second kappa shape index (κ2) is 10.3. The number of rotatable bonds is 8. The predicted octanol–water partition coefficient (Wildman–Crippen LogP) is 1.65. The summed E-state index contributed by atoms with van der Waals surface area (Å²) >= 11 is 6.09. The summed E-state index contributed by atoms with van der Waals surface area (Å²) in [5, 5.41) is 8.96. The number of piperazine rings is 1. The van der Waals surface area contributed by atoms with Crippen LogP contribution < -0.4 is 0 Å². The molecule has 0 N–H and O–H groups in total. The van der Waals surface area contributed by atoms with E-state index in [1.807, 2.05) is 28.7 Å². The average Bonchev–Trinajstić information content (AvgIpc) is 3.49. The van der Waals surface area contributed by atoms with Crippen LogP contribution in [0.5, 0.6) is 0 Å². The third-order valence-corrected chi connectivity index (χ3v) is 6.17. The first-order valence-electron chi connectivity index (χ1n) is 11.0. The molecule has 1 aliphatic rings. The molecule has 1 saturated heterocycles. The molecule has 1 fully saturated rings. The highest BCUT2D eigenvalue weighted by Crippen LogP contribution is 2.23. The number of aromatic nitrogens is 6. The number of carbonyl (C=O) groups excluding carboxylic acids is 2. The lowest BCUT2D eigenvalue weighted by atomic mass is 10.2. The van der Waals surface area contributed by atoms with E-state index in [9.17, 15) is 9.59 Å². The number of esters is 1. The first kappa shape index (κ1) is 23.1. The van der Waals surface area contributed by atoms with Crippen molar-refractivity contribution in [2.75, 3.05) is 39.3 Å². The van der Waals surface area contributed by atoms with E-state index in [1.165, 1.54) is 17.2 Å². The molecule has 1 atom stereocenters. The number of carbonyl (C=O) groups is 2. The van der Waals surface area contributed by atoms with Gasteiger partial charge in [0.2, 0.25) is 5.91 Å². The molecule has 0 spiro atoms. The number of ether oxygens (including phenoxy) is 1. The van der Waals surface area contributed by atoms with Crippen molar-refractivity contribution < 1.29 is 14.3 Å². The van der Waals surface area contributed by atoms with Crippen LogP contribution in [-0.4, -0.2) is 90.5 Å². The lowest BCUT2D eigenvalue weighted by Gasteiger charge is -2.34. The van der Waals surface area contributed by atoms with Crippen LogP contribution in [0, 0.1) is 0 Å². The molecule has 1 amide bonds. The fourth-order valence-electron chi connectivity index (χ4n) is 3.83. The van der Waals surface area contributed by atoms with Crippen LogP contribution in [0.1, 0.15) is 36.8 Å². The topological polar surface area (TPSA) is 111 Å². The molecule has 4 rings (SSSR count). The molecule has 33 heavy (non-hydrogen) atoms. The Labute approximate surface area is 196 Å². The summed E-state index contributed by atoms with van der Waals surface area (Å²) < 4.78 is 8.79. The standard InChI is InChI=1S/C21H27ClN8O3/c1-3-27-8-10-28(11-9-27)18(31)5-6-29-12-17(25-26-29)21(32)33-13-15(2)30-7-4-16-19(22)23-14-24-20(16)30/h4,7,12,14-15H,3,5-6,8-11,13H2,1-2H3. The Hall–Kier alpha value is -3.05. The largest absolute Gasteiger partial charge is 0.459 e. The van der Waals surface area contributed by atoms with E-state index >= 15 is 0 Å². The van der Waals surface area contributed by atoms with Gasteiger partial charge in [-0.2, -0.15) is 0 Å². The average molecular weight is 475 g/mol. The number of aryl methyl sites for hydroxylation is 1. The van der Waals surface area contributed by atoms with Crippen molar-refractivity contribution in [3.63, 3.8) is 0 Å². The highest BCUT2D eigenvalue weighted by Gasteiger charge is 2.21. The predicted molar refractivity (Wildman–Crippen MR) is 121 cm³/mol. The van der Waals surface area contributed by atoms with Gasteiger partial charge < -0.3 is 19.1 Å². The molecule has 3 aromatic rings. The van der Waals surface area contributed by atoms with E-state index in [0.29, 0.717) is 23.8 Å². The van der Waals surface area contributed by atoms with Gasteiger partial charge in [0, 0.05) is 38.8 Å². The van der Waals surface area contributed by atoms with Crippen LogP contribution in [-0.2, 0) is 16.1 Å². The van der Waals surface area contributed by atoms with Crippen LogP contribution >= 0.6 is 11.6 Å². The summed E-state index contributed by atoms with van der Waals surface area (Å²) in [7, 11) is 0. The zero-order valence-corrected chi connectivity index (χ0v) is 19.5. The summed E-state index contributed by atoms with van der Waals surface area (Å²) in [6, 6.07) is 1.66. The fourth-order valence-corrected chi connectivity index (χ4v) is 4.02. The van der Waals surface area contributed by atoms with Gasteiger partial charge >= 0.3 is 5.97 Å². The van der Waals surface area contributed by atoms with Gasteiger partial charge in [-0.05, 0) is 19.5 Å². The van der Waals surface area contributed by atoms with Gasteiger partial charge in [-0.3, -0.25) is 9.48 Å². The molecule has 0 aromatic carbocycles. The van der Waals surface area contributed by atoms with Crippen LogP contribution in [0.4, 0.5) is 0 Å². The van der Waals surface area contributed by atoms with E-state index in [2.05, 4.69) is 32.1 Å². The zero-order valence-electron chi connectivity index (χ0n) is 18.7. The molecule has 3 aromatic heterocycles. The van der Waals surface area contributed by atoms with E-state index < -0.39 is 5.97 Å². The van der Waals surface area contributed by atoms with Crippen LogP contribution in [0.15, 0.2) is 24.8 Å². The number of nitrogens with zero attached hydrogens (tertiary/aromatic N) is 8. The van der Waals surface area contributed by atoms with Crippen molar-refractivity contribution in [1.29, 1.82) is 0 Å². The van der Waals surface area contributed by atoms with E-state index in [0.717, 1.165) is 38.1 Å². The quantitative estimate of drug-likeness (QED) is 0.358. The van der Waals surface area contributed by atoms with Crippen molar-refractivity contribution >= 4 is 34.5 Å². The molecular weight excluding hydrogens is 448 g/mol. The van der Waals surface area contributed by atoms with Crippen molar-refractivity contribution in [3.8, 4) is 0 Å². The number of hydrogen-bond donors (Lipinski definition) is 0. The summed E-state index contributed by atoms with van der Waals surface area (Å²) in [4.78, 5) is 37.3. The molecule has 0 saturated carbocycles. The van der Waals surface area contributed by atoms with Crippen molar-refractivity contribution in [2.45, 2.75) is 32.9 Å². The minimum absolute atomic E-state index is 0.0852. The zero-order chi connectivity index (χ0) is 23.4. The van der Waals surface area contributed by atoms with Gasteiger partial charge in [-0.25, -0.2) is 14.8 Å². The minimum Gasteiger partial charge on any atom is -0.459 e. The third-order valence-electron chi connectivity index (χ3n) is 5.87. The lowest BCUT2D eigenvalue weighted by Crippen LogP contribution is -2.48. The second-order valence-electron chi connectivity index (χ2n) is 8.00. The van der Waals surface area contributed by atoms with Crippen LogP contribution in [0.2, 0.25) is 5.15 Å². The van der Waals surface area contributed by atoms with E-state index in [-0.39, 0.29) is 24.2 Å². The fraction of sp³-hybridized carbons (Fsp3) is 0.524. The normalized spacial score (nSPS) is 15.7. The Morgan fingerprint density at radius 1 is 1.21 bits per heavy atom. The number of halogens is 1.